The minimum atomic E-state index is 0. The van der Waals surface area contributed by atoms with Gasteiger partial charge in [-0.05, 0) is 101 Å². The van der Waals surface area contributed by atoms with Gasteiger partial charge in [-0.2, -0.15) is 0 Å². The molecule has 0 N–H and O–H groups in total. The maximum absolute atomic E-state index is 11.4. The lowest BCUT2D eigenvalue weighted by Gasteiger charge is -2.38. The fourth-order valence-electron chi connectivity index (χ4n) is 4.55. The number of amides is 3. The van der Waals surface area contributed by atoms with Gasteiger partial charge in [0.25, 0.3) is 0 Å². The third-order valence-corrected chi connectivity index (χ3v) is 6.40. The van der Waals surface area contributed by atoms with Crippen LogP contribution in [-0.4, -0.2) is 102 Å². The first kappa shape index (κ1) is 42.7. The molecule has 6 nitrogen and oxygen atoms in total. The van der Waals surface area contributed by atoms with Crippen molar-refractivity contribution in [1.29, 1.82) is 0 Å². The standard InChI is InChI=1S/3C9H17NO.4B/c3*1-9(2,3)10-7-5-4-6-8(10)11;;;;/h3*4-7H2,1-3H3;;;;. The molecule has 0 aliphatic carbocycles. The summed E-state index contributed by atoms with van der Waals surface area (Å²) in [5.74, 6) is 0.969. The molecule has 0 unspecified atom stereocenters. The zero-order valence-electron chi connectivity index (χ0n) is 25.4. The Kier molecular flexibility index (Phi) is 20.8. The monoisotopic (exact) mass is 509 g/mol. The van der Waals surface area contributed by atoms with E-state index >= 15 is 0 Å². The van der Waals surface area contributed by atoms with E-state index in [4.69, 9.17) is 0 Å². The van der Waals surface area contributed by atoms with E-state index in [-0.39, 0.29) is 50.3 Å². The van der Waals surface area contributed by atoms with Gasteiger partial charge in [-0.1, -0.05) is 0 Å². The number of carbonyl (C=O) groups excluding carboxylic acids is 3. The highest BCUT2D eigenvalue weighted by atomic mass is 16.2. The van der Waals surface area contributed by atoms with Crippen LogP contribution in [0.1, 0.15) is 120 Å². The van der Waals surface area contributed by atoms with Crippen LogP contribution in [0.4, 0.5) is 0 Å². The van der Waals surface area contributed by atoms with E-state index in [1.807, 2.05) is 14.7 Å². The first-order chi connectivity index (χ1) is 15.0. The molecule has 0 aromatic heterocycles. The second-order valence-electron chi connectivity index (χ2n) is 12.5. The molecule has 3 aliphatic rings. The molecule has 3 aliphatic heterocycles. The van der Waals surface area contributed by atoms with E-state index in [0.29, 0.717) is 17.7 Å². The number of hydrogen-bond donors (Lipinski definition) is 0. The van der Waals surface area contributed by atoms with Crippen molar-refractivity contribution in [2.24, 2.45) is 0 Å². The topological polar surface area (TPSA) is 60.9 Å². The average molecular weight is 509 g/mol. The van der Waals surface area contributed by atoms with Crippen molar-refractivity contribution in [3.05, 3.63) is 0 Å². The molecule has 0 atom stereocenters. The lowest BCUT2D eigenvalue weighted by atomic mass is 10.0. The molecule has 10 heteroatoms. The van der Waals surface area contributed by atoms with Gasteiger partial charge in [-0.25, -0.2) is 0 Å². The van der Waals surface area contributed by atoms with E-state index < -0.39 is 0 Å². The van der Waals surface area contributed by atoms with E-state index in [9.17, 15) is 14.4 Å². The fourth-order valence-corrected chi connectivity index (χ4v) is 4.55. The van der Waals surface area contributed by atoms with Crippen LogP contribution in [0.2, 0.25) is 0 Å². The minimum absolute atomic E-state index is 0. The molecule has 3 rings (SSSR count). The molecule has 37 heavy (non-hydrogen) atoms. The van der Waals surface area contributed by atoms with Crippen LogP contribution in [0.3, 0.4) is 0 Å². The van der Waals surface area contributed by atoms with Crippen molar-refractivity contribution in [2.75, 3.05) is 19.6 Å². The van der Waals surface area contributed by atoms with Gasteiger partial charge in [0.1, 0.15) is 0 Å². The minimum Gasteiger partial charge on any atom is -0.338 e. The van der Waals surface area contributed by atoms with Gasteiger partial charge in [0, 0.05) is 89.2 Å². The predicted octanol–water partition coefficient (Wildman–Crippen LogP) is 3.87. The van der Waals surface area contributed by atoms with Crippen LogP contribution in [0.25, 0.3) is 0 Å². The molecule has 0 spiro atoms. The molecule has 3 fully saturated rings. The molecule has 3 saturated heterocycles. The van der Waals surface area contributed by atoms with Crippen LogP contribution < -0.4 is 0 Å². The first-order valence-corrected chi connectivity index (χ1v) is 13.0. The van der Waals surface area contributed by atoms with Gasteiger partial charge in [0.05, 0.1) is 0 Å². The third-order valence-electron chi connectivity index (χ3n) is 6.40. The summed E-state index contributed by atoms with van der Waals surface area (Å²) in [5.41, 5.74) is 0.0759. The Morgan fingerprint density at radius 2 is 0.595 bits per heavy atom. The number of piperidine rings is 3. The van der Waals surface area contributed by atoms with Crippen molar-refractivity contribution in [3.63, 3.8) is 0 Å². The maximum Gasteiger partial charge on any atom is 0.222 e. The number of carbonyl (C=O) groups is 3. The van der Waals surface area contributed by atoms with Crippen LogP contribution in [-0.2, 0) is 14.4 Å². The summed E-state index contributed by atoms with van der Waals surface area (Å²) in [7, 11) is 0. The van der Waals surface area contributed by atoms with Crippen molar-refractivity contribution >= 4 is 51.4 Å². The molecule has 204 valence electrons. The van der Waals surface area contributed by atoms with E-state index in [1.54, 1.807) is 0 Å². The summed E-state index contributed by atoms with van der Waals surface area (Å²) in [5, 5.41) is 0. The van der Waals surface area contributed by atoms with Crippen molar-refractivity contribution in [3.8, 4) is 0 Å². The Morgan fingerprint density at radius 1 is 0.405 bits per heavy atom. The van der Waals surface area contributed by atoms with Crippen molar-refractivity contribution < 1.29 is 14.4 Å². The summed E-state index contributed by atoms with van der Waals surface area (Å²) < 4.78 is 0. The maximum atomic E-state index is 11.4. The molecule has 0 aromatic carbocycles. The summed E-state index contributed by atoms with van der Waals surface area (Å²) in [6, 6.07) is 0. The Balaban J connectivity index is -0.000000209. The smallest absolute Gasteiger partial charge is 0.222 e. The Morgan fingerprint density at radius 3 is 0.703 bits per heavy atom. The fraction of sp³-hybridized carbons (Fsp3) is 0.889. The van der Waals surface area contributed by atoms with Gasteiger partial charge in [0.15, 0.2) is 0 Å². The number of rotatable bonds is 0. The lowest BCUT2D eigenvalue weighted by Crippen LogP contribution is -2.47. The van der Waals surface area contributed by atoms with Crippen molar-refractivity contribution in [2.45, 2.75) is 137 Å². The van der Waals surface area contributed by atoms with Crippen LogP contribution in [0, 0.1) is 0 Å². The van der Waals surface area contributed by atoms with Crippen LogP contribution in [0.15, 0.2) is 0 Å². The van der Waals surface area contributed by atoms with E-state index in [0.717, 1.165) is 58.2 Å². The Hall–Kier alpha value is -1.33. The molecule has 0 bridgehead atoms. The predicted molar refractivity (Wildman–Crippen MR) is 159 cm³/mol. The number of likely N-dealkylation sites (tertiary alicyclic amines) is 3. The summed E-state index contributed by atoms with van der Waals surface area (Å²) in [4.78, 5) is 40.0. The number of hydrogen-bond acceptors (Lipinski definition) is 3. The quantitative estimate of drug-likeness (QED) is 0.467. The second-order valence-corrected chi connectivity index (χ2v) is 12.5. The van der Waals surface area contributed by atoms with Crippen LogP contribution in [0.5, 0.6) is 0 Å². The molecule has 3 amide bonds. The molecule has 12 radical (unpaired) electrons. The molecular weight excluding hydrogens is 458 g/mol. The summed E-state index contributed by atoms with van der Waals surface area (Å²) >= 11 is 0. The van der Waals surface area contributed by atoms with Gasteiger partial charge in [-0.3, -0.25) is 14.4 Å². The zero-order chi connectivity index (χ0) is 25.4. The second kappa shape index (κ2) is 18.0. The highest BCUT2D eigenvalue weighted by Gasteiger charge is 2.29. The third kappa shape index (κ3) is 15.0. The van der Waals surface area contributed by atoms with Gasteiger partial charge in [0.2, 0.25) is 17.7 Å². The van der Waals surface area contributed by atoms with E-state index in [2.05, 4.69) is 62.3 Å². The summed E-state index contributed by atoms with van der Waals surface area (Å²) in [6.45, 7) is 21.7. The van der Waals surface area contributed by atoms with E-state index in [1.165, 1.54) is 19.3 Å². The largest absolute Gasteiger partial charge is 0.338 e. The highest BCUT2D eigenvalue weighted by Crippen LogP contribution is 2.22. The Labute approximate surface area is 236 Å². The Bertz CT molecular complexity index is 581. The highest BCUT2D eigenvalue weighted by molar-refractivity contribution is 5.78. The normalized spacial score (nSPS) is 18.4. The SMILES string of the molecule is CC(C)(C)N1CCCCC1=O.CC(C)(C)N1CCCCC1=O.CC(C)(C)N1CCCCC1=O.[B].[B].[B].[B]. The lowest BCUT2D eigenvalue weighted by molar-refractivity contribution is -0.139. The average Bonchev–Trinajstić information content (AvgIpc) is 2.67. The molecule has 0 aromatic rings. The zero-order valence-corrected chi connectivity index (χ0v) is 25.4. The van der Waals surface area contributed by atoms with Gasteiger partial charge < -0.3 is 14.7 Å². The summed E-state index contributed by atoms with van der Waals surface area (Å²) in [6.07, 6.45) is 8.98. The molecular formula is C27H51B4N3O3. The van der Waals surface area contributed by atoms with Gasteiger partial charge in [-0.15, -0.1) is 0 Å². The molecule has 0 saturated carbocycles. The number of nitrogens with zero attached hydrogens (tertiary/aromatic N) is 3. The molecule has 3 heterocycles. The van der Waals surface area contributed by atoms with Crippen molar-refractivity contribution in [1.82, 2.24) is 14.7 Å². The van der Waals surface area contributed by atoms with Gasteiger partial charge >= 0.3 is 0 Å². The first-order valence-electron chi connectivity index (χ1n) is 13.0. The van der Waals surface area contributed by atoms with Crippen LogP contribution >= 0.6 is 0 Å².